The van der Waals surface area contributed by atoms with Gasteiger partial charge in [0.05, 0.1) is 11.3 Å². The smallest absolute Gasteiger partial charge is 0.227 e. The Morgan fingerprint density at radius 1 is 1.14 bits per heavy atom. The summed E-state index contributed by atoms with van der Waals surface area (Å²) in [6.07, 6.45) is 4.07. The summed E-state index contributed by atoms with van der Waals surface area (Å²) < 4.78 is 0. The Hall–Kier alpha value is -2.64. The molecular formula is C20H23ClN6O. The van der Waals surface area contributed by atoms with E-state index < -0.39 is 0 Å². The van der Waals surface area contributed by atoms with E-state index in [1.165, 1.54) is 0 Å². The first kappa shape index (κ1) is 18.7. The number of halogens is 1. The summed E-state index contributed by atoms with van der Waals surface area (Å²) in [5.41, 5.74) is 7.82. The number of benzene rings is 1. The molecule has 8 heteroatoms. The van der Waals surface area contributed by atoms with Gasteiger partial charge in [-0.1, -0.05) is 23.7 Å². The number of hydrogen-bond donors (Lipinski definition) is 2. The lowest BCUT2D eigenvalue weighted by atomic mass is 9.97. The second-order valence-electron chi connectivity index (χ2n) is 7.01. The number of nitrogens with zero attached hydrogens (tertiary/aromatic N) is 4. The molecule has 1 saturated heterocycles. The fourth-order valence-electron chi connectivity index (χ4n) is 3.68. The number of hydrogen-bond acceptors (Lipinski definition) is 5. The van der Waals surface area contributed by atoms with Gasteiger partial charge in [0.1, 0.15) is 17.8 Å². The van der Waals surface area contributed by atoms with Gasteiger partial charge in [-0.2, -0.15) is 0 Å². The van der Waals surface area contributed by atoms with E-state index in [1.54, 1.807) is 6.33 Å². The van der Waals surface area contributed by atoms with E-state index in [1.807, 2.05) is 41.4 Å². The van der Waals surface area contributed by atoms with Crippen molar-refractivity contribution in [2.75, 3.05) is 37.6 Å². The molecule has 0 saturated carbocycles. The number of fused-ring (bicyclic) bond motifs is 1. The second kappa shape index (κ2) is 8.16. The molecular weight excluding hydrogens is 376 g/mol. The van der Waals surface area contributed by atoms with Gasteiger partial charge in [0.15, 0.2) is 0 Å². The maximum Gasteiger partial charge on any atom is 0.227 e. The maximum atomic E-state index is 13.0. The van der Waals surface area contributed by atoms with Gasteiger partial charge in [-0.05, 0) is 30.2 Å². The van der Waals surface area contributed by atoms with Crippen molar-refractivity contribution in [3.8, 4) is 0 Å². The molecule has 3 heterocycles. The zero-order valence-electron chi connectivity index (χ0n) is 15.5. The standard InChI is InChI=1S/C20H23ClN6O/c21-16-3-1-14(2-4-16)11-15(12-22)20(28)27-9-7-26(8-10-27)19-17-5-6-23-18(17)24-13-25-19/h1-6,13,15H,7-12,22H2,(H,23,24,25)/t15-/m1/s1. The SMILES string of the molecule is NC[C@@H](Cc1ccc(Cl)cc1)C(=O)N1CCN(c2ncnc3[nH]ccc23)CC1. The van der Waals surface area contributed by atoms with Crippen LogP contribution >= 0.6 is 11.6 Å². The third-order valence-electron chi connectivity index (χ3n) is 5.25. The van der Waals surface area contributed by atoms with E-state index >= 15 is 0 Å². The summed E-state index contributed by atoms with van der Waals surface area (Å²) >= 11 is 5.94. The molecule has 146 valence electrons. The highest BCUT2D eigenvalue weighted by atomic mass is 35.5. The molecule has 1 aliphatic heterocycles. The zero-order chi connectivity index (χ0) is 19.5. The monoisotopic (exact) mass is 398 g/mol. The molecule has 1 atom stereocenters. The van der Waals surface area contributed by atoms with Gasteiger partial charge >= 0.3 is 0 Å². The van der Waals surface area contributed by atoms with E-state index in [0.717, 1.165) is 35.5 Å². The zero-order valence-corrected chi connectivity index (χ0v) is 16.3. The van der Waals surface area contributed by atoms with Crippen LogP contribution in [0.2, 0.25) is 5.02 Å². The van der Waals surface area contributed by atoms with Crippen LogP contribution < -0.4 is 10.6 Å². The van der Waals surface area contributed by atoms with Crippen LogP contribution in [0.5, 0.6) is 0 Å². The number of aromatic nitrogens is 3. The Bertz CT molecular complexity index is 949. The predicted molar refractivity (Wildman–Crippen MR) is 110 cm³/mol. The lowest BCUT2D eigenvalue weighted by Crippen LogP contribution is -2.51. The van der Waals surface area contributed by atoms with Crippen LogP contribution in [0.4, 0.5) is 5.82 Å². The first-order chi connectivity index (χ1) is 13.7. The van der Waals surface area contributed by atoms with Crippen LogP contribution in [-0.4, -0.2) is 58.5 Å². The van der Waals surface area contributed by atoms with Crippen LogP contribution in [0, 0.1) is 5.92 Å². The molecule has 0 bridgehead atoms. The number of piperazine rings is 1. The number of nitrogens with two attached hydrogens (primary N) is 1. The lowest BCUT2D eigenvalue weighted by Gasteiger charge is -2.37. The highest BCUT2D eigenvalue weighted by molar-refractivity contribution is 6.30. The van der Waals surface area contributed by atoms with Crippen LogP contribution in [-0.2, 0) is 11.2 Å². The van der Waals surface area contributed by atoms with Crippen LogP contribution in [0.3, 0.4) is 0 Å². The number of H-pyrrole nitrogens is 1. The molecule has 1 amide bonds. The molecule has 1 fully saturated rings. The highest BCUT2D eigenvalue weighted by Gasteiger charge is 2.28. The molecule has 1 aromatic carbocycles. The first-order valence-electron chi connectivity index (χ1n) is 9.42. The second-order valence-corrected chi connectivity index (χ2v) is 7.45. The number of carbonyl (C=O) groups is 1. The van der Waals surface area contributed by atoms with Gasteiger partial charge in [-0.25, -0.2) is 9.97 Å². The third-order valence-corrected chi connectivity index (χ3v) is 5.50. The maximum absolute atomic E-state index is 13.0. The first-order valence-corrected chi connectivity index (χ1v) is 9.80. The molecule has 0 aliphatic carbocycles. The quantitative estimate of drug-likeness (QED) is 0.686. The number of anilines is 1. The number of rotatable bonds is 5. The molecule has 0 radical (unpaired) electrons. The summed E-state index contributed by atoms with van der Waals surface area (Å²) in [6, 6.07) is 9.58. The molecule has 28 heavy (non-hydrogen) atoms. The average molecular weight is 399 g/mol. The summed E-state index contributed by atoms with van der Waals surface area (Å²) in [6.45, 7) is 3.12. The molecule has 0 unspecified atom stereocenters. The van der Waals surface area contributed by atoms with Crippen molar-refractivity contribution in [2.24, 2.45) is 11.7 Å². The molecule has 2 aromatic heterocycles. The lowest BCUT2D eigenvalue weighted by molar-refractivity contribution is -0.135. The largest absolute Gasteiger partial charge is 0.352 e. The van der Waals surface area contributed by atoms with Gasteiger partial charge < -0.3 is 20.5 Å². The number of nitrogens with one attached hydrogen (secondary N) is 1. The minimum Gasteiger partial charge on any atom is -0.352 e. The summed E-state index contributed by atoms with van der Waals surface area (Å²) in [5.74, 6) is 0.810. The van der Waals surface area contributed by atoms with Crippen molar-refractivity contribution < 1.29 is 4.79 Å². The van der Waals surface area contributed by atoms with Crippen molar-refractivity contribution in [1.82, 2.24) is 19.9 Å². The molecule has 3 N–H and O–H groups in total. The van der Waals surface area contributed by atoms with E-state index in [9.17, 15) is 4.79 Å². The predicted octanol–water partition coefficient (Wildman–Crippen LogP) is 2.08. The molecule has 3 aromatic rings. The van der Waals surface area contributed by atoms with Crippen LogP contribution in [0.1, 0.15) is 5.56 Å². The third kappa shape index (κ3) is 3.81. The number of amides is 1. The van der Waals surface area contributed by atoms with E-state index in [2.05, 4.69) is 19.9 Å². The minimum atomic E-state index is -0.219. The van der Waals surface area contributed by atoms with Crippen molar-refractivity contribution in [1.29, 1.82) is 0 Å². The highest BCUT2D eigenvalue weighted by Crippen LogP contribution is 2.23. The molecule has 0 spiro atoms. The van der Waals surface area contributed by atoms with E-state index in [0.29, 0.717) is 31.1 Å². The minimum absolute atomic E-state index is 0.117. The van der Waals surface area contributed by atoms with Gasteiger partial charge in [0.25, 0.3) is 0 Å². The number of aromatic amines is 1. The summed E-state index contributed by atoms with van der Waals surface area (Å²) in [4.78, 5) is 28.9. The van der Waals surface area contributed by atoms with Crippen molar-refractivity contribution in [3.63, 3.8) is 0 Å². The van der Waals surface area contributed by atoms with Gasteiger partial charge in [0.2, 0.25) is 5.91 Å². The molecule has 7 nitrogen and oxygen atoms in total. The molecule has 4 rings (SSSR count). The topological polar surface area (TPSA) is 91.1 Å². The van der Waals surface area contributed by atoms with Crippen molar-refractivity contribution in [2.45, 2.75) is 6.42 Å². The van der Waals surface area contributed by atoms with Crippen molar-refractivity contribution >= 4 is 34.4 Å². The summed E-state index contributed by atoms with van der Waals surface area (Å²) in [5, 5.41) is 1.70. The van der Waals surface area contributed by atoms with Gasteiger partial charge in [-0.15, -0.1) is 0 Å². The van der Waals surface area contributed by atoms with Crippen LogP contribution in [0.25, 0.3) is 11.0 Å². The number of carbonyl (C=O) groups excluding carboxylic acids is 1. The molecule has 1 aliphatic rings. The normalized spacial score (nSPS) is 15.8. The van der Waals surface area contributed by atoms with Crippen molar-refractivity contribution in [3.05, 3.63) is 53.4 Å². The van der Waals surface area contributed by atoms with Gasteiger partial charge in [0, 0.05) is 43.9 Å². The van der Waals surface area contributed by atoms with Crippen LogP contribution in [0.15, 0.2) is 42.9 Å². The van der Waals surface area contributed by atoms with E-state index in [-0.39, 0.29) is 11.8 Å². The Kier molecular flexibility index (Phi) is 5.45. The van der Waals surface area contributed by atoms with E-state index in [4.69, 9.17) is 17.3 Å². The average Bonchev–Trinajstić information content (AvgIpc) is 3.22. The summed E-state index contributed by atoms with van der Waals surface area (Å²) in [7, 11) is 0. The Morgan fingerprint density at radius 3 is 2.61 bits per heavy atom. The fourth-order valence-corrected chi connectivity index (χ4v) is 3.81. The Labute approximate surface area is 168 Å². The Balaban J connectivity index is 1.40. The Morgan fingerprint density at radius 2 is 1.89 bits per heavy atom. The van der Waals surface area contributed by atoms with Gasteiger partial charge in [-0.3, -0.25) is 4.79 Å². The fraction of sp³-hybridized carbons (Fsp3) is 0.350.